The molecule has 7 heteroatoms. The lowest BCUT2D eigenvalue weighted by Crippen LogP contribution is -2.56. The summed E-state index contributed by atoms with van der Waals surface area (Å²) in [6.45, 7) is 2.90. The molecular formula is C13H22N4O3. The van der Waals surface area contributed by atoms with Gasteiger partial charge in [0, 0.05) is 27.0 Å². The van der Waals surface area contributed by atoms with E-state index in [2.05, 4.69) is 15.7 Å². The van der Waals surface area contributed by atoms with Crippen LogP contribution >= 0.6 is 0 Å². The second-order valence-electron chi connectivity index (χ2n) is 4.78. The van der Waals surface area contributed by atoms with Gasteiger partial charge in [0.1, 0.15) is 12.6 Å². The number of likely N-dealkylation sites (N-methyl/N-ethyl adjacent to an activating group) is 1. The molecule has 1 heterocycles. The molecule has 0 spiro atoms. The van der Waals surface area contributed by atoms with E-state index in [9.17, 15) is 4.79 Å². The van der Waals surface area contributed by atoms with Crippen LogP contribution in [0.5, 0.6) is 0 Å². The van der Waals surface area contributed by atoms with Crippen molar-refractivity contribution in [3.05, 3.63) is 12.4 Å². The third-order valence-corrected chi connectivity index (χ3v) is 3.47. The van der Waals surface area contributed by atoms with E-state index in [1.807, 2.05) is 13.1 Å². The molecule has 112 valence electrons. The molecule has 0 saturated heterocycles. The van der Waals surface area contributed by atoms with E-state index >= 15 is 0 Å². The Hall–Kier alpha value is -1.60. The minimum atomic E-state index is -0.0746. The number of methoxy groups -OCH3 is 1. The SMILES string of the molecule is CCOC1CC(Nc2cnn(CC(=O)NC)c2)C1OC. The van der Waals surface area contributed by atoms with Gasteiger partial charge in [-0.15, -0.1) is 0 Å². The highest BCUT2D eigenvalue weighted by Gasteiger charge is 2.42. The first-order chi connectivity index (χ1) is 9.67. The van der Waals surface area contributed by atoms with E-state index in [1.54, 1.807) is 25.0 Å². The molecule has 0 aromatic carbocycles. The smallest absolute Gasteiger partial charge is 0.241 e. The van der Waals surface area contributed by atoms with Crippen LogP contribution < -0.4 is 10.6 Å². The fraction of sp³-hybridized carbons (Fsp3) is 0.692. The van der Waals surface area contributed by atoms with Gasteiger partial charge in [-0.05, 0) is 13.3 Å². The van der Waals surface area contributed by atoms with Gasteiger partial charge >= 0.3 is 0 Å². The second-order valence-corrected chi connectivity index (χ2v) is 4.78. The zero-order valence-electron chi connectivity index (χ0n) is 12.1. The van der Waals surface area contributed by atoms with Crippen molar-refractivity contribution in [1.29, 1.82) is 0 Å². The average molecular weight is 282 g/mol. The number of nitrogens with zero attached hydrogens (tertiary/aromatic N) is 2. The van der Waals surface area contributed by atoms with Crippen LogP contribution in [0.15, 0.2) is 12.4 Å². The van der Waals surface area contributed by atoms with Crippen molar-refractivity contribution in [1.82, 2.24) is 15.1 Å². The number of carbonyl (C=O) groups is 1. The number of amides is 1. The van der Waals surface area contributed by atoms with Crippen LogP contribution in [0.2, 0.25) is 0 Å². The van der Waals surface area contributed by atoms with Gasteiger partial charge < -0.3 is 20.1 Å². The Labute approximate surface area is 118 Å². The van der Waals surface area contributed by atoms with Crippen molar-refractivity contribution in [2.24, 2.45) is 0 Å². The van der Waals surface area contributed by atoms with E-state index in [-0.39, 0.29) is 30.7 Å². The summed E-state index contributed by atoms with van der Waals surface area (Å²) in [6.07, 6.45) is 4.65. The largest absolute Gasteiger partial charge is 0.377 e. The Balaban J connectivity index is 1.86. The Morgan fingerprint density at radius 1 is 1.60 bits per heavy atom. The highest BCUT2D eigenvalue weighted by molar-refractivity contribution is 5.75. The predicted molar refractivity (Wildman–Crippen MR) is 74.5 cm³/mol. The Morgan fingerprint density at radius 3 is 3.05 bits per heavy atom. The van der Waals surface area contributed by atoms with Crippen LogP contribution in [0, 0.1) is 0 Å². The van der Waals surface area contributed by atoms with Crippen molar-refractivity contribution in [2.75, 3.05) is 26.1 Å². The van der Waals surface area contributed by atoms with Crippen molar-refractivity contribution >= 4 is 11.6 Å². The summed E-state index contributed by atoms with van der Waals surface area (Å²) in [5.74, 6) is -0.0746. The fourth-order valence-electron chi connectivity index (χ4n) is 2.38. The summed E-state index contributed by atoms with van der Waals surface area (Å²) in [7, 11) is 3.30. The zero-order chi connectivity index (χ0) is 14.5. The molecule has 2 rings (SSSR count). The monoisotopic (exact) mass is 282 g/mol. The Bertz CT molecular complexity index is 449. The molecule has 0 bridgehead atoms. The number of hydrogen-bond donors (Lipinski definition) is 2. The molecule has 7 nitrogen and oxygen atoms in total. The molecule has 1 aromatic heterocycles. The first-order valence-corrected chi connectivity index (χ1v) is 6.81. The number of aromatic nitrogens is 2. The van der Waals surface area contributed by atoms with Gasteiger partial charge in [0.2, 0.25) is 5.91 Å². The van der Waals surface area contributed by atoms with E-state index in [0.29, 0.717) is 6.61 Å². The van der Waals surface area contributed by atoms with Gasteiger partial charge in [-0.1, -0.05) is 0 Å². The third-order valence-electron chi connectivity index (χ3n) is 3.47. The second kappa shape index (κ2) is 6.71. The van der Waals surface area contributed by atoms with Crippen LogP contribution in [-0.4, -0.2) is 54.7 Å². The zero-order valence-corrected chi connectivity index (χ0v) is 12.1. The highest BCUT2D eigenvalue weighted by Crippen LogP contribution is 2.29. The van der Waals surface area contributed by atoms with E-state index in [4.69, 9.17) is 9.47 Å². The van der Waals surface area contributed by atoms with Gasteiger partial charge in [-0.2, -0.15) is 5.10 Å². The maximum atomic E-state index is 11.3. The molecular weight excluding hydrogens is 260 g/mol. The summed E-state index contributed by atoms with van der Waals surface area (Å²) in [5, 5.41) is 10.1. The van der Waals surface area contributed by atoms with Crippen LogP contribution in [0.3, 0.4) is 0 Å². The normalized spacial score (nSPS) is 25.1. The molecule has 1 amide bonds. The maximum absolute atomic E-state index is 11.3. The van der Waals surface area contributed by atoms with Crippen LogP contribution in [-0.2, 0) is 20.8 Å². The van der Waals surface area contributed by atoms with Gasteiger partial charge in [-0.3, -0.25) is 9.48 Å². The molecule has 2 N–H and O–H groups in total. The lowest BCUT2D eigenvalue weighted by Gasteiger charge is -2.43. The van der Waals surface area contributed by atoms with Crippen LogP contribution in [0.4, 0.5) is 5.69 Å². The van der Waals surface area contributed by atoms with E-state index in [0.717, 1.165) is 12.1 Å². The molecule has 1 aromatic rings. The van der Waals surface area contributed by atoms with Crippen molar-refractivity contribution in [3.63, 3.8) is 0 Å². The summed E-state index contributed by atoms with van der Waals surface area (Å²) < 4.78 is 12.6. The van der Waals surface area contributed by atoms with Gasteiger partial charge in [0.25, 0.3) is 0 Å². The molecule has 3 unspecified atom stereocenters. The molecule has 0 radical (unpaired) electrons. The van der Waals surface area contributed by atoms with Gasteiger partial charge in [0.05, 0.1) is 24.0 Å². The van der Waals surface area contributed by atoms with Gasteiger partial charge in [-0.25, -0.2) is 0 Å². The minimum Gasteiger partial charge on any atom is -0.377 e. The highest BCUT2D eigenvalue weighted by atomic mass is 16.5. The number of carbonyl (C=O) groups excluding carboxylic acids is 1. The maximum Gasteiger partial charge on any atom is 0.241 e. The molecule has 1 aliphatic carbocycles. The third kappa shape index (κ3) is 3.29. The molecule has 1 aliphatic rings. The predicted octanol–water partition coefficient (Wildman–Crippen LogP) is 0.233. The van der Waals surface area contributed by atoms with Crippen molar-refractivity contribution in [2.45, 2.75) is 38.1 Å². The number of anilines is 1. The summed E-state index contributed by atoms with van der Waals surface area (Å²) in [6, 6.07) is 0.217. The first kappa shape index (κ1) is 14.8. The molecule has 1 saturated carbocycles. The lowest BCUT2D eigenvalue weighted by molar-refractivity contribution is -0.121. The molecule has 3 atom stereocenters. The van der Waals surface area contributed by atoms with E-state index in [1.165, 1.54) is 0 Å². The fourth-order valence-corrected chi connectivity index (χ4v) is 2.38. The number of nitrogens with one attached hydrogen (secondary N) is 2. The number of rotatable bonds is 7. The number of ether oxygens (including phenoxy) is 2. The number of hydrogen-bond acceptors (Lipinski definition) is 5. The van der Waals surface area contributed by atoms with Crippen LogP contribution in [0.1, 0.15) is 13.3 Å². The van der Waals surface area contributed by atoms with Crippen molar-refractivity contribution < 1.29 is 14.3 Å². The van der Waals surface area contributed by atoms with Crippen LogP contribution in [0.25, 0.3) is 0 Å². The summed E-state index contributed by atoms with van der Waals surface area (Å²) >= 11 is 0. The standard InChI is InChI=1S/C13H22N4O3/c1-4-20-11-5-10(13(11)19-3)16-9-6-15-17(7-9)8-12(18)14-2/h6-7,10-11,13,16H,4-5,8H2,1-3H3,(H,14,18). The molecule has 1 fully saturated rings. The molecule has 0 aliphatic heterocycles. The quantitative estimate of drug-likeness (QED) is 0.749. The first-order valence-electron chi connectivity index (χ1n) is 6.81. The lowest BCUT2D eigenvalue weighted by atomic mass is 9.85. The Kier molecular flexibility index (Phi) is 4.97. The average Bonchev–Trinajstić information content (AvgIpc) is 2.85. The van der Waals surface area contributed by atoms with Crippen molar-refractivity contribution in [3.8, 4) is 0 Å². The summed E-state index contributed by atoms with van der Waals surface area (Å²) in [4.78, 5) is 11.3. The minimum absolute atomic E-state index is 0.0530. The summed E-state index contributed by atoms with van der Waals surface area (Å²) in [5.41, 5.74) is 0.885. The van der Waals surface area contributed by atoms with E-state index < -0.39 is 0 Å². The molecule has 20 heavy (non-hydrogen) atoms. The topological polar surface area (TPSA) is 77.4 Å². The Morgan fingerprint density at radius 2 is 2.40 bits per heavy atom. The van der Waals surface area contributed by atoms with Gasteiger partial charge in [0.15, 0.2) is 0 Å².